The Kier molecular flexibility index (Phi) is 4.17. The molecular weight excluding hydrogens is 262 g/mol. The Balaban J connectivity index is 1.62. The van der Waals surface area contributed by atoms with E-state index < -0.39 is 0 Å². The van der Waals surface area contributed by atoms with Gasteiger partial charge in [0.1, 0.15) is 11.4 Å². The van der Waals surface area contributed by atoms with Crippen LogP contribution in [0.25, 0.3) is 11.0 Å². The number of rotatable bonds is 6. The number of nitrogens with zero attached hydrogens (tertiary/aromatic N) is 1. The molecule has 0 atom stereocenters. The van der Waals surface area contributed by atoms with Gasteiger partial charge in [0.05, 0.1) is 6.61 Å². The first-order valence-electron chi connectivity index (χ1n) is 7.20. The van der Waals surface area contributed by atoms with Crippen molar-refractivity contribution in [2.45, 2.75) is 20.0 Å². The highest BCUT2D eigenvalue weighted by atomic mass is 16.5. The summed E-state index contributed by atoms with van der Waals surface area (Å²) in [4.78, 5) is 7.49. The summed E-state index contributed by atoms with van der Waals surface area (Å²) in [6, 6.07) is 12.2. The zero-order valence-corrected chi connectivity index (χ0v) is 12.1. The van der Waals surface area contributed by atoms with Crippen molar-refractivity contribution in [2.24, 2.45) is 0 Å². The minimum Gasteiger partial charge on any atom is -0.494 e. The molecule has 0 radical (unpaired) electrons. The van der Waals surface area contributed by atoms with Crippen molar-refractivity contribution in [2.75, 3.05) is 6.61 Å². The number of aromatic nitrogens is 2. The molecule has 0 fully saturated rings. The standard InChI is InChI=1S/C17H19N3O/c1-2-21-15-6-3-5-13(9-15)10-18-11-14-12-20-17-16(14)7-4-8-19-17/h3-9,12,18H,2,10-11H2,1H3,(H,19,20). The number of ether oxygens (including phenoxy) is 1. The van der Waals surface area contributed by atoms with Crippen LogP contribution in [-0.2, 0) is 13.1 Å². The fourth-order valence-electron chi connectivity index (χ4n) is 2.41. The highest BCUT2D eigenvalue weighted by Gasteiger charge is 2.03. The molecule has 0 amide bonds. The maximum absolute atomic E-state index is 5.52. The van der Waals surface area contributed by atoms with E-state index in [-0.39, 0.29) is 0 Å². The molecule has 0 spiro atoms. The summed E-state index contributed by atoms with van der Waals surface area (Å²) in [6.07, 6.45) is 3.82. The molecule has 4 heteroatoms. The van der Waals surface area contributed by atoms with Gasteiger partial charge in [-0.3, -0.25) is 0 Å². The lowest BCUT2D eigenvalue weighted by atomic mass is 10.2. The Labute approximate surface area is 124 Å². The minimum atomic E-state index is 0.694. The molecule has 21 heavy (non-hydrogen) atoms. The fourth-order valence-corrected chi connectivity index (χ4v) is 2.41. The van der Waals surface area contributed by atoms with E-state index in [2.05, 4.69) is 33.5 Å². The molecule has 0 saturated carbocycles. The molecule has 2 heterocycles. The van der Waals surface area contributed by atoms with E-state index in [0.717, 1.165) is 24.5 Å². The third-order valence-electron chi connectivity index (χ3n) is 3.39. The van der Waals surface area contributed by atoms with Gasteiger partial charge in [0.2, 0.25) is 0 Å². The Morgan fingerprint density at radius 3 is 3.05 bits per heavy atom. The van der Waals surface area contributed by atoms with Crippen LogP contribution in [0.15, 0.2) is 48.8 Å². The van der Waals surface area contributed by atoms with Crippen LogP contribution in [0.5, 0.6) is 5.75 Å². The highest BCUT2D eigenvalue weighted by molar-refractivity contribution is 5.79. The summed E-state index contributed by atoms with van der Waals surface area (Å²) in [5.74, 6) is 0.924. The van der Waals surface area contributed by atoms with Gasteiger partial charge < -0.3 is 15.0 Å². The van der Waals surface area contributed by atoms with Crippen molar-refractivity contribution in [1.29, 1.82) is 0 Å². The van der Waals surface area contributed by atoms with Crippen LogP contribution in [0.4, 0.5) is 0 Å². The number of pyridine rings is 1. The lowest BCUT2D eigenvalue weighted by molar-refractivity contribution is 0.340. The van der Waals surface area contributed by atoms with E-state index in [9.17, 15) is 0 Å². The number of hydrogen-bond donors (Lipinski definition) is 2. The molecule has 1 aromatic carbocycles. The zero-order chi connectivity index (χ0) is 14.5. The smallest absolute Gasteiger partial charge is 0.137 e. The van der Waals surface area contributed by atoms with Crippen LogP contribution in [0.3, 0.4) is 0 Å². The molecule has 3 rings (SSSR count). The third-order valence-corrected chi connectivity index (χ3v) is 3.39. The van der Waals surface area contributed by atoms with Crippen LogP contribution >= 0.6 is 0 Å². The average molecular weight is 281 g/mol. The van der Waals surface area contributed by atoms with Crippen LogP contribution in [0.1, 0.15) is 18.1 Å². The molecule has 2 N–H and O–H groups in total. The number of H-pyrrole nitrogens is 1. The maximum Gasteiger partial charge on any atom is 0.137 e. The molecule has 0 saturated heterocycles. The second kappa shape index (κ2) is 6.41. The normalized spacial score (nSPS) is 10.9. The van der Waals surface area contributed by atoms with Crippen molar-refractivity contribution in [3.63, 3.8) is 0 Å². The van der Waals surface area contributed by atoms with E-state index in [4.69, 9.17) is 4.74 Å². The Morgan fingerprint density at radius 1 is 1.19 bits per heavy atom. The first kappa shape index (κ1) is 13.6. The van der Waals surface area contributed by atoms with Gasteiger partial charge in [-0.25, -0.2) is 4.98 Å². The quantitative estimate of drug-likeness (QED) is 0.729. The van der Waals surface area contributed by atoms with E-state index in [1.165, 1.54) is 16.5 Å². The van der Waals surface area contributed by atoms with Crippen molar-refractivity contribution in [3.8, 4) is 5.75 Å². The van der Waals surface area contributed by atoms with Crippen molar-refractivity contribution < 1.29 is 4.74 Å². The molecule has 0 bridgehead atoms. The van der Waals surface area contributed by atoms with E-state index in [1.54, 1.807) is 6.20 Å². The van der Waals surface area contributed by atoms with Crippen molar-refractivity contribution >= 4 is 11.0 Å². The van der Waals surface area contributed by atoms with Gasteiger partial charge in [-0.15, -0.1) is 0 Å². The fraction of sp³-hybridized carbons (Fsp3) is 0.235. The van der Waals surface area contributed by atoms with Crippen LogP contribution < -0.4 is 10.1 Å². The van der Waals surface area contributed by atoms with E-state index in [1.807, 2.05) is 31.3 Å². The summed E-state index contributed by atoms with van der Waals surface area (Å²) >= 11 is 0. The SMILES string of the molecule is CCOc1cccc(CNCc2c[nH]c3ncccc23)c1. The lowest BCUT2D eigenvalue weighted by Crippen LogP contribution is -2.12. The van der Waals surface area contributed by atoms with Gasteiger partial charge in [0, 0.05) is 30.9 Å². The molecule has 0 aliphatic heterocycles. The van der Waals surface area contributed by atoms with Gasteiger partial charge in [-0.2, -0.15) is 0 Å². The number of benzene rings is 1. The van der Waals surface area contributed by atoms with Crippen LogP contribution in [0.2, 0.25) is 0 Å². The Bertz CT molecular complexity index is 721. The third kappa shape index (κ3) is 3.23. The van der Waals surface area contributed by atoms with Crippen molar-refractivity contribution in [1.82, 2.24) is 15.3 Å². The molecule has 0 aliphatic rings. The second-order valence-electron chi connectivity index (χ2n) is 4.90. The lowest BCUT2D eigenvalue weighted by Gasteiger charge is -2.07. The monoisotopic (exact) mass is 281 g/mol. The number of fused-ring (bicyclic) bond motifs is 1. The van der Waals surface area contributed by atoms with E-state index >= 15 is 0 Å². The molecule has 2 aromatic heterocycles. The summed E-state index contributed by atoms with van der Waals surface area (Å²) < 4.78 is 5.52. The largest absolute Gasteiger partial charge is 0.494 e. The van der Waals surface area contributed by atoms with E-state index in [0.29, 0.717) is 6.61 Å². The molecule has 0 unspecified atom stereocenters. The molecule has 4 nitrogen and oxygen atoms in total. The van der Waals surface area contributed by atoms with Gasteiger partial charge in [0.15, 0.2) is 0 Å². The summed E-state index contributed by atoms with van der Waals surface area (Å²) in [6.45, 7) is 4.31. The van der Waals surface area contributed by atoms with Crippen molar-refractivity contribution in [3.05, 3.63) is 59.9 Å². The van der Waals surface area contributed by atoms with Gasteiger partial charge in [-0.05, 0) is 42.3 Å². The first-order valence-corrected chi connectivity index (χ1v) is 7.20. The minimum absolute atomic E-state index is 0.694. The van der Waals surface area contributed by atoms with Gasteiger partial charge in [0.25, 0.3) is 0 Å². The molecule has 0 aliphatic carbocycles. The zero-order valence-electron chi connectivity index (χ0n) is 12.1. The van der Waals surface area contributed by atoms with Crippen LogP contribution in [-0.4, -0.2) is 16.6 Å². The predicted octanol–water partition coefficient (Wildman–Crippen LogP) is 3.25. The summed E-state index contributed by atoms with van der Waals surface area (Å²) in [7, 11) is 0. The Hall–Kier alpha value is -2.33. The maximum atomic E-state index is 5.52. The predicted molar refractivity (Wildman–Crippen MR) is 84.2 cm³/mol. The first-order chi connectivity index (χ1) is 10.4. The summed E-state index contributed by atoms with van der Waals surface area (Å²) in [5.41, 5.74) is 3.39. The molecule has 3 aromatic rings. The Morgan fingerprint density at radius 2 is 2.14 bits per heavy atom. The number of hydrogen-bond acceptors (Lipinski definition) is 3. The summed E-state index contributed by atoms with van der Waals surface area (Å²) in [5, 5.41) is 4.64. The second-order valence-corrected chi connectivity index (χ2v) is 4.90. The molecule has 108 valence electrons. The highest BCUT2D eigenvalue weighted by Crippen LogP contribution is 2.16. The number of nitrogens with one attached hydrogen (secondary N) is 2. The number of aromatic amines is 1. The van der Waals surface area contributed by atoms with Gasteiger partial charge >= 0.3 is 0 Å². The van der Waals surface area contributed by atoms with Crippen LogP contribution in [0, 0.1) is 0 Å². The topological polar surface area (TPSA) is 49.9 Å². The van der Waals surface area contributed by atoms with Gasteiger partial charge in [-0.1, -0.05) is 12.1 Å². The average Bonchev–Trinajstić information content (AvgIpc) is 2.92. The molecular formula is C17H19N3O.